The summed E-state index contributed by atoms with van der Waals surface area (Å²) >= 11 is 0. The van der Waals surface area contributed by atoms with Gasteiger partial charge in [-0.2, -0.15) is 9.37 Å². The van der Waals surface area contributed by atoms with Gasteiger partial charge in [0, 0.05) is 73.4 Å². The third-order valence-corrected chi connectivity index (χ3v) is 8.10. The molecule has 0 spiro atoms. The van der Waals surface area contributed by atoms with Gasteiger partial charge in [0.25, 0.3) is 5.88 Å². The molecule has 1 aliphatic rings. The number of aryl methyl sites for hydroxylation is 2. The Bertz CT molecular complexity index is 2100. The number of benzene rings is 2. The van der Waals surface area contributed by atoms with E-state index in [9.17, 15) is 14.0 Å². The van der Waals surface area contributed by atoms with Crippen LogP contribution >= 0.6 is 0 Å². The second kappa shape index (κ2) is 14.1. The van der Waals surface area contributed by atoms with Crippen molar-refractivity contribution in [3.8, 4) is 11.6 Å². The molecule has 0 atom stereocenters. The monoisotopic (exact) mass is 659 g/mol. The number of halogens is 3. The van der Waals surface area contributed by atoms with Gasteiger partial charge in [0.15, 0.2) is 17.4 Å². The van der Waals surface area contributed by atoms with E-state index in [0.717, 1.165) is 38.2 Å². The summed E-state index contributed by atoms with van der Waals surface area (Å²) < 4.78 is 50.8. The molecule has 1 N–H and O–H groups in total. The molecule has 0 saturated carbocycles. The molecule has 5 aromatic rings. The quantitative estimate of drug-likeness (QED) is 0.263. The SMILES string of the molecule is C=c1/c(=C/F)cc(C)n1C(C)=O.CC(=O)n1c(C)cc2c(F)c(Oc3ncnc(Nc4ccc(N5CCN(C)CC5)cc4)c3F)ccc21. The number of carbonyl (C=O) groups excluding carboxylic acids is 2. The van der Waals surface area contributed by atoms with Crippen molar-refractivity contribution in [1.29, 1.82) is 0 Å². The van der Waals surface area contributed by atoms with Crippen LogP contribution in [0.2, 0.25) is 0 Å². The van der Waals surface area contributed by atoms with E-state index in [-0.39, 0.29) is 28.8 Å². The van der Waals surface area contributed by atoms with E-state index in [4.69, 9.17) is 4.74 Å². The molecule has 0 bridgehead atoms. The average Bonchev–Trinajstić information content (AvgIpc) is 3.56. The topological polar surface area (TPSA) is 97.5 Å². The number of fused-ring (bicyclic) bond motifs is 1. The van der Waals surface area contributed by atoms with Crippen molar-refractivity contribution in [3.05, 3.63) is 88.4 Å². The molecule has 250 valence electrons. The lowest BCUT2D eigenvalue weighted by molar-refractivity contribution is 0.0926. The van der Waals surface area contributed by atoms with Gasteiger partial charge in [-0.1, -0.05) is 6.58 Å². The molecule has 48 heavy (non-hydrogen) atoms. The van der Waals surface area contributed by atoms with Crippen molar-refractivity contribution in [1.82, 2.24) is 24.0 Å². The van der Waals surface area contributed by atoms with E-state index >= 15 is 8.78 Å². The van der Waals surface area contributed by atoms with E-state index in [1.54, 1.807) is 32.0 Å². The normalized spacial score (nSPS) is 13.8. The third kappa shape index (κ3) is 6.95. The van der Waals surface area contributed by atoms with E-state index in [2.05, 4.69) is 38.7 Å². The number of aromatic nitrogens is 4. The molecule has 0 amide bonds. The van der Waals surface area contributed by atoms with Crippen molar-refractivity contribution >= 4 is 52.8 Å². The molecule has 6 rings (SSSR count). The Hall–Kier alpha value is -5.43. The molecule has 2 aromatic carbocycles. The molecule has 0 unspecified atom stereocenters. The fourth-order valence-electron chi connectivity index (χ4n) is 5.68. The Kier molecular flexibility index (Phi) is 9.99. The minimum atomic E-state index is -0.849. The van der Waals surface area contributed by atoms with E-state index < -0.39 is 17.5 Å². The number of nitrogens with one attached hydrogen (secondary N) is 1. The highest BCUT2D eigenvalue weighted by molar-refractivity contribution is 5.93. The van der Waals surface area contributed by atoms with E-state index in [1.165, 1.54) is 29.0 Å². The number of hydrogen-bond acceptors (Lipinski definition) is 8. The number of hydrogen-bond donors (Lipinski definition) is 1. The first-order chi connectivity index (χ1) is 22.9. The summed E-state index contributed by atoms with van der Waals surface area (Å²) in [5.74, 6) is -2.64. The van der Waals surface area contributed by atoms with Gasteiger partial charge in [0.2, 0.25) is 17.6 Å². The first-order valence-electron chi connectivity index (χ1n) is 15.2. The number of likely N-dealkylation sites (N-methyl/N-ethyl adjacent to an activating group) is 1. The lowest BCUT2D eigenvalue weighted by atomic mass is 10.2. The van der Waals surface area contributed by atoms with Crippen LogP contribution in [0.5, 0.6) is 11.6 Å². The summed E-state index contributed by atoms with van der Waals surface area (Å²) in [5.41, 5.74) is 3.45. The summed E-state index contributed by atoms with van der Waals surface area (Å²) in [6.45, 7) is 13.8. The van der Waals surface area contributed by atoms with Crippen molar-refractivity contribution in [3.63, 3.8) is 0 Å². The fourth-order valence-corrected chi connectivity index (χ4v) is 5.68. The lowest BCUT2D eigenvalue weighted by Gasteiger charge is -2.34. The van der Waals surface area contributed by atoms with Crippen LogP contribution in [0.4, 0.5) is 30.4 Å². The number of ether oxygens (including phenoxy) is 1. The molecule has 0 aliphatic carbocycles. The molecule has 13 heteroatoms. The first kappa shape index (κ1) is 33.9. The highest BCUT2D eigenvalue weighted by atomic mass is 19.1. The lowest BCUT2D eigenvalue weighted by Crippen LogP contribution is -2.44. The number of anilines is 3. The molecule has 4 heterocycles. The van der Waals surface area contributed by atoms with Gasteiger partial charge < -0.3 is 19.9 Å². The zero-order valence-corrected chi connectivity index (χ0v) is 27.4. The summed E-state index contributed by atoms with van der Waals surface area (Å²) in [7, 11) is 2.11. The van der Waals surface area contributed by atoms with E-state index in [0.29, 0.717) is 39.5 Å². The second-order valence-electron chi connectivity index (χ2n) is 11.5. The van der Waals surface area contributed by atoms with Gasteiger partial charge in [-0.15, -0.1) is 0 Å². The molecular weight excluding hydrogens is 623 g/mol. The summed E-state index contributed by atoms with van der Waals surface area (Å²) in [6.07, 6.45) is 1.60. The van der Waals surface area contributed by atoms with Crippen LogP contribution in [-0.4, -0.2) is 69.0 Å². The molecule has 0 radical (unpaired) electrons. The predicted molar refractivity (Wildman–Crippen MR) is 180 cm³/mol. The minimum Gasteiger partial charge on any atom is -0.433 e. The van der Waals surface area contributed by atoms with Crippen molar-refractivity contribution < 1.29 is 27.5 Å². The second-order valence-corrected chi connectivity index (χ2v) is 11.5. The van der Waals surface area contributed by atoms with Gasteiger partial charge in [-0.05, 0) is 69.4 Å². The highest BCUT2D eigenvalue weighted by Gasteiger charge is 2.20. The van der Waals surface area contributed by atoms with Gasteiger partial charge in [-0.25, -0.2) is 13.8 Å². The average molecular weight is 660 g/mol. The third-order valence-electron chi connectivity index (χ3n) is 8.10. The summed E-state index contributed by atoms with van der Waals surface area (Å²) in [5, 5.41) is 3.91. The Morgan fingerprint density at radius 2 is 1.54 bits per heavy atom. The maximum Gasteiger partial charge on any atom is 0.261 e. The number of rotatable bonds is 5. The number of piperazine rings is 1. The maximum absolute atomic E-state index is 15.2. The smallest absolute Gasteiger partial charge is 0.261 e. The van der Waals surface area contributed by atoms with Crippen LogP contribution in [0.15, 0.2) is 54.9 Å². The van der Waals surface area contributed by atoms with Crippen LogP contribution < -0.4 is 25.5 Å². The standard InChI is InChI=1S/C26H26F2N6O2.C9H10FNO/c1-16-14-20-21(34(16)17(2)35)8-9-22(23(20)27)36-26-24(28)25(29-15-30-26)31-18-4-6-19(7-5-18)33-12-10-32(3)11-13-33;1-6-4-9(5-10)7(2)11(6)8(3)12/h4-9,14-15H,10-13H2,1-3H3,(H,29,30,31);4-5H,2H2,1,3H3/b;9-5+. The van der Waals surface area contributed by atoms with Crippen LogP contribution in [0, 0.1) is 25.5 Å². The number of carbonyl (C=O) groups is 2. The Balaban J connectivity index is 0.000000318. The first-order valence-corrected chi connectivity index (χ1v) is 15.2. The van der Waals surface area contributed by atoms with Gasteiger partial charge in [0.05, 0.1) is 17.2 Å². The highest BCUT2D eigenvalue weighted by Crippen LogP contribution is 2.33. The van der Waals surface area contributed by atoms with Crippen LogP contribution in [0.1, 0.15) is 34.8 Å². The van der Waals surface area contributed by atoms with Gasteiger partial charge >= 0.3 is 0 Å². The van der Waals surface area contributed by atoms with Gasteiger partial charge in [-0.3, -0.25) is 18.7 Å². The summed E-state index contributed by atoms with van der Waals surface area (Å²) in [6, 6.07) is 13.7. The summed E-state index contributed by atoms with van der Waals surface area (Å²) in [4.78, 5) is 35.3. The van der Waals surface area contributed by atoms with Gasteiger partial charge in [0.1, 0.15) is 6.33 Å². The van der Waals surface area contributed by atoms with Crippen molar-refractivity contribution in [2.45, 2.75) is 27.7 Å². The minimum absolute atomic E-state index is 0.0904. The molecule has 10 nitrogen and oxygen atoms in total. The number of nitrogens with zero attached hydrogens (tertiary/aromatic N) is 6. The zero-order chi connectivity index (χ0) is 34.7. The fraction of sp³-hybridized carbons (Fsp3) is 0.257. The van der Waals surface area contributed by atoms with Crippen molar-refractivity contribution in [2.24, 2.45) is 0 Å². The molecule has 3 aromatic heterocycles. The maximum atomic E-state index is 15.2. The Morgan fingerprint density at radius 1 is 0.896 bits per heavy atom. The molecule has 1 aliphatic heterocycles. The van der Waals surface area contributed by atoms with E-state index in [1.807, 2.05) is 24.3 Å². The van der Waals surface area contributed by atoms with Crippen LogP contribution in [0.3, 0.4) is 0 Å². The predicted octanol–water partition coefficient (Wildman–Crippen LogP) is 5.54. The Morgan fingerprint density at radius 3 is 2.12 bits per heavy atom. The van der Waals surface area contributed by atoms with Crippen LogP contribution in [0.25, 0.3) is 23.8 Å². The zero-order valence-electron chi connectivity index (χ0n) is 27.4. The Labute approximate surface area is 275 Å². The molecule has 1 fully saturated rings. The van der Waals surface area contributed by atoms with Crippen LogP contribution in [-0.2, 0) is 0 Å². The molecular formula is C35H36F3N7O3. The largest absolute Gasteiger partial charge is 0.433 e. The molecule has 1 saturated heterocycles. The van der Waals surface area contributed by atoms with Crippen molar-refractivity contribution in [2.75, 3.05) is 43.4 Å².